The molecule has 0 spiro atoms. The Morgan fingerprint density at radius 1 is 1.45 bits per heavy atom. The summed E-state index contributed by atoms with van der Waals surface area (Å²) in [6.07, 6.45) is 0. The van der Waals surface area contributed by atoms with E-state index in [0.29, 0.717) is 6.54 Å². The van der Waals surface area contributed by atoms with Crippen molar-refractivity contribution in [1.82, 2.24) is 9.80 Å². The van der Waals surface area contributed by atoms with E-state index in [9.17, 15) is 14.9 Å². The van der Waals surface area contributed by atoms with Crippen LogP contribution in [0.5, 0.6) is 0 Å². The number of halogens is 1. The van der Waals surface area contributed by atoms with Crippen molar-refractivity contribution in [1.29, 1.82) is 0 Å². The van der Waals surface area contributed by atoms with Gasteiger partial charge in [-0.1, -0.05) is 17.7 Å². The number of nitro groups is 1. The molecule has 0 radical (unpaired) electrons. The summed E-state index contributed by atoms with van der Waals surface area (Å²) < 4.78 is 0. The van der Waals surface area contributed by atoms with Crippen molar-refractivity contribution >= 4 is 23.2 Å². The number of carbonyl (C=O) groups excluding carboxylic acids is 1. The van der Waals surface area contributed by atoms with Gasteiger partial charge in [0.1, 0.15) is 10.6 Å². The lowest BCUT2D eigenvalue weighted by Crippen LogP contribution is -2.52. The van der Waals surface area contributed by atoms with Gasteiger partial charge in [0, 0.05) is 25.7 Å². The molecule has 1 amide bonds. The van der Waals surface area contributed by atoms with Crippen LogP contribution in [0.2, 0.25) is 5.02 Å². The summed E-state index contributed by atoms with van der Waals surface area (Å²) in [6, 6.07) is 4.45. The summed E-state index contributed by atoms with van der Waals surface area (Å²) >= 11 is 5.85. The minimum Gasteiger partial charge on any atom is -0.333 e. The van der Waals surface area contributed by atoms with Crippen LogP contribution >= 0.6 is 11.6 Å². The number of para-hydroxylation sites is 1. The quantitative estimate of drug-likeness (QED) is 0.619. The third-order valence-corrected chi connectivity index (χ3v) is 3.80. The maximum atomic E-state index is 12.5. The number of rotatable bonds is 2. The van der Waals surface area contributed by atoms with Gasteiger partial charge in [0.2, 0.25) is 0 Å². The maximum Gasteiger partial charge on any atom is 0.300 e. The average molecular weight is 298 g/mol. The van der Waals surface area contributed by atoms with Crippen LogP contribution in [0.25, 0.3) is 0 Å². The van der Waals surface area contributed by atoms with Gasteiger partial charge in [0.15, 0.2) is 0 Å². The van der Waals surface area contributed by atoms with E-state index < -0.39 is 4.92 Å². The first-order valence-electron chi connectivity index (χ1n) is 6.34. The van der Waals surface area contributed by atoms with Gasteiger partial charge in [0.25, 0.3) is 5.91 Å². The van der Waals surface area contributed by atoms with Gasteiger partial charge in [-0.15, -0.1) is 0 Å². The molecule has 0 aromatic heterocycles. The van der Waals surface area contributed by atoms with E-state index in [1.54, 1.807) is 11.0 Å². The largest absolute Gasteiger partial charge is 0.333 e. The molecule has 1 saturated heterocycles. The number of piperazine rings is 1. The number of amides is 1. The summed E-state index contributed by atoms with van der Waals surface area (Å²) in [5.74, 6) is -0.334. The summed E-state index contributed by atoms with van der Waals surface area (Å²) in [4.78, 5) is 26.8. The van der Waals surface area contributed by atoms with E-state index >= 15 is 0 Å². The zero-order valence-electron chi connectivity index (χ0n) is 11.4. The summed E-state index contributed by atoms with van der Waals surface area (Å²) in [5, 5.41) is 11.1. The van der Waals surface area contributed by atoms with E-state index in [0.717, 1.165) is 13.1 Å². The van der Waals surface area contributed by atoms with E-state index in [-0.39, 0.29) is 28.2 Å². The molecule has 1 aliphatic heterocycles. The van der Waals surface area contributed by atoms with Crippen molar-refractivity contribution in [3.05, 3.63) is 38.9 Å². The fourth-order valence-corrected chi connectivity index (χ4v) is 2.71. The lowest BCUT2D eigenvalue weighted by molar-refractivity contribution is -0.385. The molecule has 2 rings (SSSR count). The van der Waals surface area contributed by atoms with E-state index in [2.05, 4.69) is 4.90 Å². The van der Waals surface area contributed by atoms with Crippen molar-refractivity contribution in [3.8, 4) is 0 Å². The minimum absolute atomic E-state index is 0.0115. The zero-order valence-corrected chi connectivity index (χ0v) is 12.1. The van der Waals surface area contributed by atoms with Crippen molar-refractivity contribution in [2.75, 3.05) is 26.7 Å². The smallest absolute Gasteiger partial charge is 0.300 e. The second-order valence-electron chi connectivity index (χ2n) is 5.00. The zero-order chi connectivity index (χ0) is 14.9. The Kier molecular flexibility index (Phi) is 4.25. The SMILES string of the molecule is CC1CN(C)CCN1C(=O)c1cccc(Cl)c1[N+](=O)[O-]. The van der Waals surface area contributed by atoms with Gasteiger partial charge in [-0.25, -0.2) is 0 Å². The van der Waals surface area contributed by atoms with Gasteiger partial charge in [-0.3, -0.25) is 14.9 Å². The number of carbonyl (C=O) groups is 1. The lowest BCUT2D eigenvalue weighted by Gasteiger charge is -2.38. The number of benzene rings is 1. The molecule has 1 aromatic carbocycles. The molecule has 1 unspecified atom stereocenters. The predicted molar refractivity (Wildman–Crippen MR) is 76.1 cm³/mol. The Balaban J connectivity index is 2.34. The molecule has 0 bridgehead atoms. The third-order valence-electron chi connectivity index (χ3n) is 3.49. The molecule has 1 fully saturated rings. The van der Waals surface area contributed by atoms with Gasteiger partial charge < -0.3 is 9.80 Å². The molecule has 1 atom stereocenters. The third kappa shape index (κ3) is 2.76. The van der Waals surface area contributed by atoms with Crippen LogP contribution in [0, 0.1) is 10.1 Å². The summed E-state index contributed by atoms with van der Waals surface area (Å²) in [7, 11) is 1.99. The van der Waals surface area contributed by atoms with E-state index in [1.807, 2.05) is 14.0 Å². The first-order chi connectivity index (χ1) is 9.41. The van der Waals surface area contributed by atoms with Gasteiger partial charge in [0.05, 0.1) is 4.92 Å². The standard InChI is InChI=1S/C13H16ClN3O3/c1-9-8-15(2)6-7-16(9)13(18)10-4-3-5-11(14)12(10)17(19)20/h3-5,9H,6-8H2,1-2H3. The molecule has 6 nitrogen and oxygen atoms in total. The normalized spacial score (nSPS) is 19.9. The molecule has 108 valence electrons. The molecule has 1 aromatic rings. The van der Waals surface area contributed by atoms with Crippen LogP contribution < -0.4 is 0 Å². The Morgan fingerprint density at radius 2 is 2.15 bits per heavy atom. The molecule has 0 N–H and O–H groups in total. The molecular weight excluding hydrogens is 282 g/mol. The highest BCUT2D eigenvalue weighted by Gasteiger charge is 2.31. The summed E-state index contributed by atoms with van der Waals surface area (Å²) in [5.41, 5.74) is -0.260. The minimum atomic E-state index is -0.601. The molecule has 1 aliphatic rings. The fraction of sp³-hybridized carbons (Fsp3) is 0.462. The first kappa shape index (κ1) is 14.7. The number of hydrogen-bond donors (Lipinski definition) is 0. The van der Waals surface area contributed by atoms with Gasteiger partial charge in [-0.05, 0) is 26.1 Å². The predicted octanol–water partition coefficient (Wildman–Crippen LogP) is 2.02. The first-order valence-corrected chi connectivity index (χ1v) is 6.72. The monoisotopic (exact) mass is 297 g/mol. The van der Waals surface area contributed by atoms with Gasteiger partial charge in [-0.2, -0.15) is 0 Å². The number of likely N-dealkylation sites (N-methyl/N-ethyl adjacent to an activating group) is 1. The topological polar surface area (TPSA) is 66.7 Å². The van der Waals surface area contributed by atoms with Crippen LogP contribution in [-0.4, -0.2) is 53.4 Å². The van der Waals surface area contributed by atoms with Crippen LogP contribution in [-0.2, 0) is 0 Å². The fourth-order valence-electron chi connectivity index (χ4n) is 2.47. The average Bonchev–Trinajstić information content (AvgIpc) is 2.37. The molecule has 20 heavy (non-hydrogen) atoms. The maximum absolute atomic E-state index is 12.5. The Morgan fingerprint density at radius 3 is 2.75 bits per heavy atom. The second kappa shape index (κ2) is 5.76. The van der Waals surface area contributed by atoms with E-state index in [4.69, 9.17) is 11.6 Å². The highest BCUT2D eigenvalue weighted by molar-refractivity contribution is 6.33. The second-order valence-corrected chi connectivity index (χ2v) is 5.41. The number of nitro benzene ring substituents is 1. The molecular formula is C13H16ClN3O3. The van der Waals surface area contributed by atoms with Crippen molar-refractivity contribution in [3.63, 3.8) is 0 Å². The van der Waals surface area contributed by atoms with E-state index in [1.165, 1.54) is 12.1 Å². The highest BCUT2D eigenvalue weighted by Crippen LogP contribution is 2.29. The molecule has 7 heteroatoms. The number of nitrogens with zero attached hydrogens (tertiary/aromatic N) is 3. The van der Waals surface area contributed by atoms with Crippen molar-refractivity contribution in [2.45, 2.75) is 13.0 Å². The molecule has 0 aliphatic carbocycles. The highest BCUT2D eigenvalue weighted by atomic mass is 35.5. The lowest BCUT2D eigenvalue weighted by atomic mass is 10.1. The van der Waals surface area contributed by atoms with Crippen LogP contribution in [0.3, 0.4) is 0 Å². The Labute approximate surface area is 122 Å². The Hall–Kier alpha value is -1.66. The molecule has 1 heterocycles. The Bertz CT molecular complexity index is 550. The van der Waals surface area contributed by atoms with Crippen molar-refractivity contribution < 1.29 is 9.72 Å². The molecule has 0 saturated carbocycles. The summed E-state index contributed by atoms with van der Waals surface area (Å²) in [6.45, 7) is 3.99. The van der Waals surface area contributed by atoms with Crippen LogP contribution in [0.4, 0.5) is 5.69 Å². The van der Waals surface area contributed by atoms with Gasteiger partial charge >= 0.3 is 5.69 Å². The van der Waals surface area contributed by atoms with Crippen LogP contribution in [0.15, 0.2) is 18.2 Å². The van der Waals surface area contributed by atoms with Crippen LogP contribution in [0.1, 0.15) is 17.3 Å². The number of hydrogen-bond acceptors (Lipinski definition) is 4. The van der Waals surface area contributed by atoms with Crippen molar-refractivity contribution in [2.24, 2.45) is 0 Å².